The van der Waals surface area contributed by atoms with Crippen LogP contribution in [0.3, 0.4) is 0 Å². The Kier molecular flexibility index (Phi) is 6.96. The Morgan fingerprint density at radius 3 is 2.68 bits per heavy atom. The molecule has 9 nitrogen and oxygen atoms in total. The maximum Gasteiger partial charge on any atom is 0.317 e. The van der Waals surface area contributed by atoms with Gasteiger partial charge in [-0.3, -0.25) is 9.69 Å². The van der Waals surface area contributed by atoms with Gasteiger partial charge < -0.3 is 15.5 Å². The predicted molar refractivity (Wildman–Crippen MR) is 105 cm³/mol. The summed E-state index contributed by atoms with van der Waals surface area (Å²) >= 11 is 0. The van der Waals surface area contributed by atoms with Crippen molar-refractivity contribution in [2.75, 3.05) is 39.3 Å². The zero-order chi connectivity index (χ0) is 19.8. The summed E-state index contributed by atoms with van der Waals surface area (Å²) in [5, 5.41) is 10.0. The van der Waals surface area contributed by atoms with Crippen molar-refractivity contribution in [2.45, 2.75) is 19.9 Å². The van der Waals surface area contributed by atoms with Crippen molar-refractivity contribution in [2.24, 2.45) is 0 Å². The molecule has 1 saturated heterocycles. The first kappa shape index (κ1) is 19.8. The van der Waals surface area contributed by atoms with Crippen molar-refractivity contribution in [3.05, 3.63) is 42.4 Å². The lowest BCUT2D eigenvalue weighted by Gasteiger charge is -2.34. The zero-order valence-electron chi connectivity index (χ0n) is 16.2. The lowest BCUT2D eigenvalue weighted by Crippen LogP contribution is -2.53. The minimum Gasteiger partial charge on any atom is -0.355 e. The zero-order valence-corrected chi connectivity index (χ0v) is 16.2. The monoisotopic (exact) mass is 385 g/mol. The van der Waals surface area contributed by atoms with Crippen LogP contribution in [0.1, 0.15) is 18.9 Å². The van der Waals surface area contributed by atoms with Crippen LogP contribution in [-0.2, 0) is 11.3 Å². The number of nitrogens with zero attached hydrogens (tertiary/aromatic N) is 5. The Labute approximate surface area is 164 Å². The van der Waals surface area contributed by atoms with Gasteiger partial charge in [0.25, 0.3) is 0 Å². The minimum absolute atomic E-state index is 0.0467. The molecule has 28 heavy (non-hydrogen) atoms. The Morgan fingerprint density at radius 1 is 1.14 bits per heavy atom. The average molecular weight is 385 g/mol. The smallest absolute Gasteiger partial charge is 0.317 e. The molecule has 0 spiro atoms. The van der Waals surface area contributed by atoms with E-state index in [-0.39, 0.29) is 11.9 Å². The van der Waals surface area contributed by atoms with Gasteiger partial charge in [-0.15, -0.1) is 0 Å². The first-order valence-corrected chi connectivity index (χ1v) is 9.62. The largest absolute Gasteiger partial charge is 0.355 e. The third-order valence-corrected chi connectivity index (χ3v) is 4.59. The van der Waals surface area contributed by atoms with Crippen LogP contribution in [0, 0.1) is 0 Å². The number of piperazine rings is 1. The number of hydrogen-bond acceptors (Lipinski definition) is 5. The summed E-state index contributed by atoms with van der Waals surface area (Å²) in [4.78, 5) is 32.4. The molecule has 0 unspecified atom stereocenters. The number of hydrogen-bond donors (Lipinski definition) is 2. The summed E-state index contributed by atoms with van der Waals surface area (Å²) in [5.74, 6) is 0.761. The third-order valence-electron chi connectivity index (χ3n) is 4.59. The van der Waals surface area contributed by atoms with Gasteiger partial charge in [-0.2, -0.15) is 5.10 Å². The molecular formula is C19H27N7O2. The number of aromatic nitrogens is 3. The fraction of sp³-hybridized carbons (Fsp3) is 0.474. The second-order valence-electron chi connectivity index (χ2n) is 6.74. The second kappa shape index (κ2) is 9.84. The molecule has 3 rings (SSSR count). The number of pyridine rings is 1. The van der Waals surface area contributed by atoms with Crippen LogP contribution in [-0.4, -0.2) is 75.8 Å². The van der Waals surface area contributed by atoms with Crippen molar-refractivity contribution in [3.8, 4) is 5.82 Å². The quantitative estimate of drug-likeness (QED) is 0.729. The number of carbonyl (C=O) groups is 2. The molecule has 2 N–H and O–H groups in total. The molecule has 1 aliphatic heterocycles. The normalized spacial score (nSPS) is 14.7. The van der Waals surface area contributed by atoms with Gasteiger partial charge in [0, 0.05) is 57.9 Å². The van der Waals surface area contributed by atoms with Crippen LogP contribution in [0.5, 0.6) is 0 Å². The fourth-order valence-corrected chi connectivity index (χ4v) is 3.02. The molecule has 0 saturated carbocycles. The second-order valence-corrected chi connectivity index (χ2v) is 6.74. The van der Waals surface area contributed by atoms with Crippen LogP contribution in [0.15, 0.2) is 36.8 Å². The lowest BCUT2D eigenvalue weighted by molar-refractivity contribution is -0.122. The van der Waals surface area contributed by atoms with Crippen LogP contribution in [0.25, 0.3) is 5.82 Å². The Bertz CT molecular complexity index is 770. The lowest BCUT2D eigenvalue weighted by atomic mass is 10.2. The third kappa shape index (κ3) is 5.53. The molecule has 0 aliphatic carbocycles. The standard InChI is InChI=1S/C19H27N7O2/c1-2-5-21-18(27)15-24-9-11-25(12-10-24)19(28)22-14-16-4-7-20-17(13-16)26-8-3-6-23-26/h3-4,6-8,13H,2,5,9-12,14-15H2,1H3,(H,21,27)(H,22,28). The molecule has 3 heterocycles. The molecule has 0 radical (unpaired) electrons. The molecule has 150 valence electrons. The van der Waals surface area contributed by atoms with Crippen molar-refractivity contribution in [3.63, 3.8) is 0 Å². The molecular weight excluding hydrogens is 358 g/mol. The summed E-state index contributed by atoms with van der Waals surface area (Å²) in [6.45, 7) is 6.18. The van der Waals surface area contributed by atoms with Crippen LogP contribution in [0.4, 0.5) is 4.79 Å². The van der Waals surface area contributed by atoms with Crippen molar-refractivity contribution in [1.29, 1.82) is 0 Å². The predicted octanol–water partition coefficient (Wildman–Crippen LogP) is 0.621. The van der Waals surface area contributed by atoms with E-state index in [4.69, 9.17) is 0 Å². The molecule has 0 aromatic carbocycles. The van der Waals surface area contributed by atoms with Gasteiger partial charge in [0.1, 0.15) is 0 Å². The maximum absolute atomic E-state index is 12.4. The number of rotatable bonds is 7. The van der Waals surface area contributed by atoms with Gasteiger partial charge in [0.2, 0.25) is 5.91 Å². The van der Waals surface area contributed by atoms with E-state index in [1.54, 1.807) is 22.0 Å². The van der Waals surface area contributed by atoms with Gasteiger partial charge >= 0.3 is 6.03 Å². The highest BCUT2D eigenvalue weighted by atomic mass is 16.2. The number of amides is 3. The summed E-state index contributed by atoms with van der Waals surface area (Å²) in [6, 6.07) is 5.52. The van der Waals surface area contributed by atoms with E-state index in [1.807, 2.05) is 31.3 Å². The van der Waals surface area contributed by atoms with Gasteiger partial charge in [-0.05, 0) is 30.2 Å². The highest BCUT2D eigenvalue weighted by Crippen LogP contribution is 2.07. The van der Waals surface area contributed by atoms with Crippen LogP contribution >= 0.6 is 0 Å². The summed E-state index contributed by atoms with van der Waals surface area (Å²) in [5.41, 5.74) is 0.958. The molecule has 3 amide bonds. The van der Waals surface area contributed by atoms with E-state index in [0.717, 1.165) is 12.0 Å². The number of carbonyl (C=O) groups excluding carboxylic acids is 2. The van der Waals surface area contributed by atoms with Gasteiger partial charge in [-0.1, -0.05) is 6.92 Å². The molecule has 0 bridgehead atoms. The summed E-state index contributed by atoms with van der Waals surface area (Å²) in [7, 11) is 0. The van der Waals surface area contributed by atoms with Crippen molar-refractivity contribution < 1.29 is 9.59 Å². The first-order valence-electron chi connectivity index (χ1n) is 9.62. The molecule has 2 aromatic rings. The molecule has 1 fully saturated rings. The van der Waals surface area contributed by atoms with Crippen LogP contribution in [0.2, 0.25) is 0 Å². The van der Waals surface area contributed by atoms with Crippen molar-refractivity contribution >= 4 is 11.9 Å². The average Bonchev–Trinajstić information content (AvgIpc) is 3.26. The highest BCUT2D eigenvalue weighted by molar-refractivity contribution is 5.78. The van der Waals surface area contributed by atoms with Crippen LogP contribution < -0.4 is 10.6 Å². The maximum atomic E-state index is 12.4. The van der Waals surface area contributed by atoms with Crippen molar-refractivity contribution in [1.82, 2.24) is 35.2 Å². The Morgan fingerprint density at radius 2 is 1.96 bits per heavy atom. The minimum atomic E-state index is -0.0902. The fourth-order valence-electron chi connectivity index (χ4n) is 3.02. The molecule has 0 atom stereocenters. The topological polar surface area (TPSA) is 95.4 Å². The van der Waals surface area contributed by atoms with Gasteiger partial charge in [0.15, 0.2) is 5.82 Å². The Hall–Kier alpha value is -2.94. The molecule has 9 heteroatoms. The highest BCUT2D eigenvalue weighted by Gasteiger charge is 2.22. The van der Waals surface area contributed by atoms with E-state index in [1.165, 1.54) is 0 Å². The van der Waals surface area contributed by atoms with E-state index < -0.39 is 0 Å². The van der Waals surface area contributed by atoms with E-state index in [2.05, 4.69) is 25.6 Å². The van der Waals surface area contributed by atoms with Gasteiger partial charge in [-0.25, -0.2) is 14.5 Å². The van der Waals surface area contributed by atoms with E-state index in [0.29, 0.717) is 51.6 Å². The SMILES string of the molecule is CCCNC(=O)CN1CCN(C(=O)NCc2ccnc(-n3cccn3)c2)CC1. The number of urea groups is 1. The summed E-state index contributed by atoms with van der Waals surface area (Å²) in [6.07, 6.45) is 6.16. The van der Waals surface area contributed by atoms with E-state index >= 15 is 0 Å². The molecule has 1 aliphatic rings. The first-order chi connectivity index (χ1) is 13.7. The Balaban J connectivity index is 1.43. The van der Waals surface area contributed by atoms with Gasteiger partial charge in [0.05, 0.1) is 6.54 Å². The number of nitrogens with one attached hydrogen (secondary N) is 2. The summed E-state index contributed by atoms with van der Waals surface area (Å²) < 4.78 is 1.68. The van der Waals surface area contributed by atoms with E-state index in [9.17, 15) is 9.59 Å². The molecule has 2 aromatic heterocycles.